The highest BCUT2D eigenvalue weighted by Gasteiger charge is 2.35. The number of nitrogens with zero attached hydrogens (tertiary/aromatic N) is 2. The van der Waals surface area contributed by atoms with Gasteiger partial charge in [0.15, 0.2) is 0 Å². The molecule has 24 heavy (non-hydrogen) atoms. The second kappa shape index (κ2) is 7.35. The number of aryl methyl sites for hydroxylation is 1. The Balaban J connectivity index is 0.00000208. The zero-order chi connectivity index (χ0) is 16.6. The number of hydrogen-bond acceptors (Lipinski definition) is 4. The zero-order valence-corrected chi connectivity index (χ0v) is 15.8. The number of pyridine rings is 1. The average molecular weight is 370 g/mol. The lowest BCUT2D eigenvalue weighted by Crippen LogP contribution is -2.45. The molecule has 5 nitrogen and oxygen atoms in total. The highest BCUT2D eigenvalue weighted by Crippen LogP contribution is 2.30. The van der Waals surface area contributed by atoms with Gasteiger partial charge in [0.1, 0.15) is 0 Å². The van der Waals surface area contributed by atoms with E-state index < -0.39 is 10.0 Å². The summed E-state index contributed by atoms with van der Waals surface area (Å²) < 4.78 is 28.5. The van der Waals surface area contributed by atoms with Crippen molar-refractivity contribution in [1.29, 1.82) is 0 Å². The second-order valence-electron chi connectivity index (χ2n) is 6.34. The molecule has 0 amide bonds. The molecule has 2 atom stereocenters. The molecule has 0 radical (unpaired) electrons. The van der Waals surface area contributed by atoms with Crippen molar-refractivity contribution in [2.45, 2.75) is 44.2 Å². The Morgan fingerprint density at radius 1 is 1.21 bits per heavy atom. The van der Waals surface area contributed by atoms with E-state index in [1.54, 1.807) is 28.8 Å². The smallest absolute Gasteiger partial charge is 0.244 e. The maximum absolute atomic E-state index is 13.4. The Morgan fingerprint density at radius 2 is 1.96 bits per heavy atom. The van der Waals surface area contributed by atoms with Crippen molar-refractivity contribution < 1.29 is 8.42 Å². The van der Waals surface area contributed by atoms with Crippen LogP contribution in [-0.2, 0) is 10.0 Å². The molecular formula is C17H24ClN3O2S. The van der Waals surface area contributed by atoms with Gasteiger partial charge < -0.3 is 5.32 Å². The van der Waals surface area contributed by atoms with Crippen molar-refractivity contribution in [3.05, 3.63) is 36.2 Å². The summed E-state index contributed by atoms with van der Waals surface area (Å²) in [6.07, 6.45) is 4.26. The predicted octanol–water partition coefficient (Wildman–Crippen LogP) is 2.73. The van der Waals surface area contributed by atoms with Crippen LogP contribution in [0.4, 0.5) is 0 Å². The fraction of sp³-hybridized carbons (Fsp3) is 0.471. The van der Waals surface area contributed by atoms with Crippen molar-refractivity contribution in [3.63, 3.8) is 0 Å². The summed E-state index contributed by atoms with van der Waals surface area (Å²) in [5.41, 5.74) is 0.884. The third-order valence-corrected chi connectivity index (χ3v) is 6.71. The van der Waals surface area contributed by atoms with Crippen LogP contribution in [0.2, 0.25) is 0 Å². The molecule has 0 aliphatic carbocycles. The third-order valence-electron chi connectivity index (χ3n) is 4.54. The van der Waals surface area contributed by atoms with E-state index in [9.17, 15) is 8.42 Å². The normalized spacial score (nSPS) is 22.8. The summed E-state index contributed by atoms with van der Waals surface area (Å²) in [6.45, 7) is 7.38. The molecule has 1 fully saturated rings. The lowest BCUT2D eigenvalue weighted by Gasteiger charge is -2.31. The van der Waals surface area contributed by atoms with Gasteiger partial charge in [0, 0.05) is 41.8 Å². The molecule has 0 bridgehead atoms. The Labute approximate surface area is 149 Å². The highest BCUT2D eigenvalue weighted by molar-refractivity contribution is 7.89. The van der Waals surface area contributed by atoms with Gasteiger partial charge in [-0.25, -0.2) is 8.42 Å². The van der Waals surface area contributed by atoms with Crippen LogP contribution in [0.25, 0.3) is 10.8 Å². The monoisotopic (exact) mass is 369 g/mol. The Kier molecular flexibility index (Phi) is 5.86. The van der Waals surface area contributed by atoms with E-state index in [-0.39, 0.29) is 24.5 Å². The van der Waals surface area contributed by atoms with Crippen molar-refractivity contribution in [2.24, 2.45) is 0 Å². The molecule has 2 unspecified atom stereocenters. The van der Waals surface area contributed by atoms with Crippen LogP contribution in [0, 0.1) is 6.92 Å². The molecule has 0 spiro atoms. The molecule has 3 rings (SSSR count). The maximum atomic E-state index is 13.4. The maximum Gasteiger partial charge on any atom is 0.244 e. The standard InChI is InChI=1S/C17H23N3O2S.ClH/c1-12-9-19-11-15-5-4-6-16(17(12)15)23(21,22)20-13(2)7-8-18-10-14(20)3;/h4-6,9,11,13-14,18H,7-8,10H2,1-3H3;1H. The molecule has 1 N–H and O–H groups in total. The second-order valence-corrected chi connectivity index (χ2v) is 8.15. The van der Waals surface area contributed by atoms with Crippen LogP contribution in [-0.4, -0.2) is 42.9 Å². The van der Waals surface area contributed by atoms with Crippen molar-refractivity contribution >= 4 is 33.2 Å². The summed E-state index contributed by atoms with van der Waals surface area (Å²) in [5.74, 6) is 0. The largest absolute Gasteiger partial charge is 0.315 e. The summed E-state index contributed by atoms with van der Waals surface area (Å²) in [6, 6.07) is 5.31. The number of rotatable bonds is 2. The van der Waals surface area contributed by atoms with Crippen LogP contribution < -0.4 is 5.32 Å². The molecule has 1 saturated heterocycles. The van der Waals surface area contributed by atoms with Gasteiger partial charge in [0.05, 0.1) is 4.90 Å². The molecule has 7 heteroatoms. The molecule has 1 aliphatic rings. The number of aromatic nitrogens is 1. The number of benzene rings is 1. The van der Waals surface area contributed by atoms with Gasteiger partial charge in [-0.1, -0.05) is 12.1 Å². The molecule has 132 valence electrons. The zero-order valence-electron chi connectivity index (χ0n) is 14.2. The first-order valence-corrected chi connectivity index (χ1v) is 9.44. The fourth-order valence-corrected chi connectivity index (χ4v) is 5.59. The Bertz CT molecular complexity index is 808. The minimum absolute atomic E-state index is 0. The fourth-order valence-electron chi connectivity index (χ4n) is 3.45. The number of nitrogens with one attached hydrogen (secondary N) is 1. The third kappa shape index (κ3) is 3.28. The van der Waals surface area contributed by atoms with E-state index in [0.29, 0.717) is 11.4 Å². The SMILES string of the molecule is Cc1cncc2cccc(S(=O)(=O)N3C(C)CCNCC3C)c12.Cl. The molecule has 1 aromatic heterocycles. The number of hydrogen-bond donors (Lipinski definition) is 1. The van der Waals surface area contributed by atoms with Crippen molar-refractivity contribution in [2.75, 3.05) is 13.1 Å². The molecule has 2 aromatic rings. The Morgan fingerprint density at radius 3 is 2.71 bits per heavy atom. The summed E-state index contributed by atoms with van der Waals surface area (Å²) in [5, 5.41) is 4.95. The van der Waals surface area contributed by atoms with Crippen LogP contribution in [0.3, 0.4) is 0 Å². The lowest BCUT2D eigenvalue weighted by molar-refractivity contribution is 0.287. The quantitative estimate of drug-likeness (QED) is 0.884. The van der Waals surface area contributed by atoms with E-state index >= 15 is 0 Å². The van der Waals surface area contributed by atoms with Crippen molar-refractivity contribution in [3.8, 4) is 0 Å². The summed E-state index contributed by atoms with van der Waals surface area (Å²) in [7, 11) is -3.57. The van der Waals surface area contributed by atoms with Gasteiger partial charge in [-0.15, -0.1) is 12.4 Å². The van der Waals surface area contributed by atoms with E-state index in [1.807, 2.05) is 26.8 Å². The number of halogens is 1. The molecule has 1 aromatic carbocycles. The van der Waals surface area contributed by atoms with Gasteiger partial charge in [0.2, 0.25) is 10.0 Å². The molecule has 2 heterocycles. The van der Waals surface area contributed by atoms with Crippen LogP contribution >= 0.6 is 12.4 Å². The first kappa shape index (κ1) is 19.1. The number of sulfonamides is 1. The van der Waals surface area contributed by atoms with Gasteiger partial charge in [-0.05, 0) is 45.4 Å². The van der Waals surface area contributed by atoms with Crippen molar-refractivity contribution in [1.82, 2.24) is 14.6 Å². The van der Waals surface area contributed by atoms with Gasteiger partial charge in [0.25, 0.3) is 0 Å². The average Bonchev–Trinajstić information content (AvgIpc) is 2.68. The van der Waals surface area contributed by atoms with E-state index in [1.165, 1.54) is 0 Å². The van der Waals surface area contributed by atoms with Gasteiger partial charge >= 0.3 is 0 Å². The van der Waals surface area contributed by atoms with E-state index in [4.69, 9.17) is 0 Å². The highest BCUT2D eigenvalue weighted by atomic mass is 35.5. The molecular weight excluding hydrogens is 346 g/mol. The number of fused-ring (bicyclic) bond motifs is 1. The van der Waals surface area contributed by atoms with Gasteiger partial charge in [-0.2, -0.15) is 4.31 Å². The molecule has 0 saturated carbocycles. The lowest BCUT2D eigenvalue weighted by atomic mass is 10.1. The summed E-state index contributed by atoms with van der Waals surface area (Å²) >= 11 is 0. The predicted molar refractivity (Wildman–Crippen MR) is 99.2 cm³/mol. The van der Waals surface area contributed by atoms with E-state index in [2.05, 4.69) is 10.3 Å². The first-order chi connectivity index (χ1) is 10.9. The van der Waals surface area contributed by atoms with Crippen LogP contribution in [0.1, 0.15) is 25.8 Å². The minimum atomic E-state index is -3.57. The van der Waals surface area contributed by atoms with Crippen LogP contribution in [0.15, 0.2) is 35.5 Å². The van der Waals surface area contributed by atoms with Gasteiger partial charge in [-0.3, -0.25) is 4.98 Å². The first-order valence-electron chi connectivity index (χ1n) is 8.00. The Hall–Kier alpha value is -1.21. The van der Waals surface area contributed by atoms with Crippen LogP contribution in [0.5, 0.6) is 0 Å². The minimum Gasteiger partial charge on any atom is -0.315 e. The van der Waals surface area contributed by atoms with E-state index in [0.717, 1.165) is 29.3 Å². The summed E-state index contributed by atoms with van der Waals surface area (Å²) in [4.78, 5) is 4.56. The molecule has 1 aliphatic heterocycles. The topological polar surface area (TPSA) is 62.3 Å².